The van der Waals surface area contributed by atoms with Gasteiger partial charge < -0.3 is 14.8 Å². The fourth-order valence-corrected chi connectivity index (χ4v) is 3.34. The zero-order valence-corrected chi connectivity index (χ0v) is 16.1. The first-order chi connectivity index (χ1) is 13.0. The van der Waals surface area contributed by atoms with Gasteiger partial charge in [-0.2, -0.15) is 0 Å². The molecule has 27 heavy (non-hydrogen) atoms. The second-order valence-electron chi connectivity index (χ2n) is 7.17. The van der Waals surface area contributed by atoms with Crippen LogP contribution >= 0.6 is 0 Å². The zero-order valence-electron chi connectivity index (χ0n) is 16.1. The van der Waals surface area contributed by atoms with E-state index in [4.69, 9.17) is 4.74 Å². The molecular weight excluding hydrogens is 346 g/mol. The van der Waals surface area contributed by atoms with Crippen molar-refractivity contribution in [3.05, 3.63) is 35.9 Å². The van der Waals surface area contributed by atoms with Crippen molar-refractivity contribution < 1.29 is 23.9 Å². The van der Waals surface area contributed by atoms with E-state index in [2.05, 4.69) is 10.1 Å². The Kier molecular flexibility index (Phi) is 8.45. The molecule has 2 rings (SSSR count). The molecule has 1 aliphatic carbocycles. The number of esters is 1. The summed E-state index contributed by atoms with van der Waals surface area (Å²) >= 11 is 0. The molecule has 1 atom stereocenters. The number of ketones is 1. The second-order valence-corrected chi connectivity index (χ2v) is 7.17. The van der Waals surface area contributed by atoms with Gasteiger partial charge in [0, 0.05) is 12.5 Å². The molecule has 148 valence electrons. The van der Waals surface area contributed by atoms with E-state index < -0.39 is 12.0 Å². The molecule has 1 amide bonds. The highest BCUT2D eigenvalue weighted by Crippen LogP contribution is 2.29. The van der Waals surface area contributed by atoms with Crippen LogP contribution in [0.1, 0.15) is 44.6 Å². The number of Topliss-reactive ketones (excluding diaryl/α,β-unsaturated/α-hetero) is 1. The van der Waals surface area contributed by atoms with E-state index in [1.54, 1.807) is 0 Å². The Labute approximate surface area is 160 Å². The van der Waals surface area contributed by atoms with E-state index >= 15 is 0 Å². The summed E-state index contributed by atoms with van der Waals surface area (Å²) in [5, 5.41) is 2.71. The highest BCUT2D eigenvalue weighted by molar-refractivity contribution is 5.91. The molecule has 0 saturated heterocycles. The molecule has 6 nitrogen and oxygen atoms in total. The molecule has 6 heteroatoms. The first-order valence-electron chi connectivity index (χ1n) is 9.49. The average molecular weight is 375 g/mol. The van der Waals surface area contributed by atoms with Crippen molar-refractivity contribution >= 4 is 17.7 Å². The minimum Gasteiger partial charge on any atom is -0.469 e. The molecule has 0 aromatic heterocycles. The van der Waals surface area contributed by atoms with Crippen LogP contribution in [-0.2, 0) is 30.5 Å². The summed E-state index contributed by atoms with van der Waals surface area (Å²) < 4.78 is 10.4. The number of carbonyl (C=O) groups excluding carboxylic acids is 3. The molecule has 0 aliphatic heterocycles. The van der Waals surface area contributed by atoms with Crippen molar-refractivity contribution in [2.45, 2.75) is 51.7 Å². The van der Waals surface area contributed by atoms with E-state index in [1.165, 1.54) is 14.0 Å². The van der Waals surface area contributed by atoms with Crippen molar-refractivity contribution in [2.75, 3.05) is 13.7 Å². The van der Waals surface area contributed by atoms with Gasteiger partial charge in [-0.15, -0.1) is 0 Å². The van der Waals surface area contributed by atoms with E-state index in [9.17, 15) is 14.4 Å². The standard InChI is InChI=1S/C21H29NO5/c1-15(23)19(12-20(24)26-2)22-21(25)18-10-8-17(9-11-18)14-27-13-16-6-4-3-5-7-16/h3-7,17-19H,8-14H2,1-2H3,(H,22,25). The monoisotopic (exact) mass is 375 g/mol. The van der Waals surface area contributed by atoms with Crippen LogP contribution in [0.25, 0.3) is 0 Å². The van der Waals surface area contributed by atoms with Crippen molar-refractivity contribution in [1.29, 1.82) is 0 Å². The Morgan fingerprint density at radius 3 is 2.37 bits per heavy atom. The van der Waals surface area contributed by atoms with Crippen molar-refractivity contribution in [2.24, 2.45) is 11.8 Å². The minimum atomic E-state index is -0.808. The summed E-state index contributed by atoms with van der Waals surface area (Å²) in [6.07, 6.45) is 3.27. The Balaban J connectivity index is 1.71. The quantitative estimate of drug-likeness (QED) is 0.671. The Hall–Kier alpha value is -2.21. The summed E-state index contributed by atoms with van der Waals surface area (Å²) in [6, 6.07) is 9.25. The largest absolute Gasteiger partial charge is 0.469 e. The third kappa shape index (κ3) is 7.13. The lowest BCUT2D eigenvalue weighted by atomic mass is 9.82. The maximum Gasteiger partial charge on any atom is 0.308 e. The molecule has 1 aromatic rings. The molecule has 1 saturated carbocycles. The Morgan fingerprint density at radius 2 is 1.78 bits per heavy atom. The van der Waals surface area contributed by atoms with Crippen LogP contribution in [0, 0.1) is 11.8 Å². The SMILES string of the molecule is COC(=O)CC(NC(=O)C1CCC(COCc2ccccc2)CC1)C(C)=O. The lowest BCUT2D eigenvalue weighted by molar-refractivity contribution is -0.143. The zero-order chi connectivity index (χ0) is 19.6. The van der Waals surface area contributed by atoms with Gasteiger partial charge in [0.2, 0.25) is 5.91 Å². The highest BCUT2D eigenvalue weighted by atomic mass is 16.5. The highest BCUT2D eigenvalue weighted by Gasteiger charge is 2.29. The van der Waals surface area contributed by atoms with Gasteiger partial charge in [0.25, 0.3) is 0 Å². The summed E-state index contributed by atoms with van der Waals surface area (Å²) in [6.45, 7) is 2.67. The van der Waals surface area contributed by atoms with Crippen LogP contribution < -0.4 is 5.32 Å². The topological polar surface area (TPSA) is 81.7 Å². The maximum atomic E-state index is 12.4. The minimum absolute atomic E-state index is 0.116. The fourth-order valence-electron chi connectivity index (χ4n) is 3.34. The van der Waals surface area contributed by atoms with Crippen LogP contribution in [0.15, 0.2) is 30.3 Å². The first kappa shape index (κ1) is 21.1. The average Bonchev–Trinajstić information content (AvgIpc) is 2.68. The number of carbonyl (C=O) groups is 3. The van der Waals surface area contributed by atoms with Crippen molar-refractivity contribution in [3.8, 4) is 0 Å². The summed E-state index contributed by atoms with van der Waals surface area (Å²) in [5.74, 6) is -0.555. The molecule has 0 spiro atoms. The second kappa shape index (κ2) is 10.8. The summed E-state index contributed by atoms with van der Waals surface area (Å²) in [5.41, 5.74) is 1.16. The van der Waals surface area contributed by atoms with Gasteiger partial charge in [-0.25, -0.2) is 0 Å². The van der Waals surface area contributed by atoms with Gasteiger partial charge in [-0.1, -0.05) is 30.3 Å². The van der Waals surface area contributed by atoms with Crippen LogP contribution in [-0.4, -0.2) is 37.4 Å². The van der Waals surface area contributed by atoms with Gasteiger partial charge in [-0.3, -0.25) is 14.4 Å². The van der Waals surface area contributed by atoms with Crippen LogP contribution in [0.4, 0.5) is 0 Å². The molecule has 1 N–H and O–H groups in total. The Morgan fingerprint density at radius 1 is 1.11 bits per heavy atom. The number of hydrogen-bond donors (Lipinski definition) is 1. The number of nitrogens with one attached hydrogen (secondary N) is 1. The summed E-state index contributed by atoms with van der Waals surface area (Å²) in [4.78, 5) is 35.5. The molecule has 0 radical (unpaired) electrons. The van der Waals surface area contributed by atoms with Crippen molar-refractivity contribution in [1.82, 2.24) is 5.32 Å². The number of ether oxygens (including phenoxy) is 2. The van der Waals surface area contributed by atoms with Gasteiger partial charge in [0.05, 0.1) is 26.2 Å². The van der Waals surface area contributed by atoms with E-state index in [1.807, 2.05) is 30.3 Å². The number of methoxy groups -OCH3 is 1. The van der Waals surface area contributed by atoms with E-state index in [0.29, 0.717) is 19.1 Å². The molecule has 1 unspecified atom stereocenters. The van der Waals surface area contributed by atoms with Gasteiger partial charge in [0.15, 0.2) is 5.78 Å². The maximum absolute atomic E-state index is 12.4. The molecule has 1 fully saturated rings. The number of amides is 1. The van der Waals surface area contributed by atoms with Gasteiger partial charge in [-0.05, 0) is 44.1 Å². The lowest BCUT2D eigenvalue weighted by Crippen LogP contribution is -2.45. The van der Waals surface area contributed by atoms with Gasteiger partial charge in [0.1, 0.15) is 0 Å². The van der Waals surface area contributed by atoms with Crippen LogP contribution in [0.5, 0.6) is 0 Å². The normalized spacial score (nSPS) is 20.5. The predicted molar refractivity (Wildman–Crippen MR) is 101 cm³/mol. The van der Waals surface area contributed by atoms with Crippen molar-refractivity contribution in [3.63, 3.8) is 0 Å². The van der Waals surface area contributed by atoms with E-state index in [-0.39, 0.29) is 24.0 Å². The third-order valence-electron chi connectivity index (χ3n) is 5.09. The molecule has 0 heterocycles. The lowest BCUT2D eigenvalue weighted by Gasteiger charge is -2.28. The van der Waals surface area contributed by atoms with Crippen LogP contribution in [0.3, 0.4) is 0 Å². The molecule has 1 aromatic carbocycles. The molecule has 1 aliphatic rings. The smallest absolute Gasteiger partial charge is 0.308 e. The van der Waals surface area contributed by atoms with Crippen LogP contribution in [0.2, 0.25) is 0 Å². The van der Waals surface area contributed by atoms with E-state index in [0.717, 1.165) is 31.2 Å². The molecule has 0 bridgehead atoms. The number of rotatable bonds is 9. The predicted octanol–water partition coefficient (Wildman–Crippen LogP) is 2.65. The van der Waals surface area contributed by atoms with Gasteiger partial charge >= 0.3 is 5.97 Å². The fraction of sp³-hybridized carbons (Fsp3) is 0.571. The Bertz CT molecular complexity index is 623. The number of hydrogen-bond acceptors (Lipinski definition) is 5. The molecular formula is C21H29NO5. The third-order valence-corrected chi connectivity index (χ3v) is 5.09. The first-order valence-corrected chi connectivity index (χ1v) is 9.49. The summed E-state index contributed by atoms with van der Waals surface area (Å²) in [7, 11) is 1.27. The number of benzene rings is 1.